The van der Waals surface area contributed by atoms with E-state index in [2.05, 4.69) is 34.6 Å². The van der Waals surface area contributed by atoms with Crippen LogP contribution in [0.2, 0.25) is 0 Å². The van der Waals surface area contributed by atoms with Gasteiger partial charge in [-0.3, -0.25) is 4.79 Å². The van der Waals surface area contributed by atoms with Gasteiger partial charge in [-0.1, -0.05) is 66.6 Å². The van der Waals surface area contributed by atoms with E-state index in [9.17, 15) is 13.6 Å². The Labute approximate surface area is 230 Å². The second-order valence-corrected chi connectivity index (χ2v) is 10.7. The summed E-state index contributed by atoms with van der Waals surface area (Å²) in [5, 5.41) is 5.49. The van der Waals surface area contributed by atoms with Crippen molar-refractivity contribution in [3.63, 3.8) is 0 Å². The predicted molar refractivity (Wildman–Crippen MR) is 156 cm³/mol. The van der Waals surface area contributed by atoms with Gasteiger partial charge < -0.3 is 10.2 Å². The highest BCUT2D eigenvalue weighted by Crippen LogP contribution is 2.39. The molecule has 1 aliphatic carbocycles. The number of anilines is 1. The van der Waals surface area contributed by atoms with Gasteiger partial charge in [0.15, 0.2) is 0 Å². The maximum absolute atomic E-state index is 12.8. The summed E-state index contributed by atoms with van der Waals surface area (Å²) >= 11 is 0. The summed E-state index contributed by atoms with van der Waals surface area (Å²) in [5.41, 5.74) is 4.04. The highest BCUT2D eigenvalue weighted by atomic mass is 19.3. The number of benzene rings is 3. The van der Waals surface area contributed by atoms with Crippen molar-refractivity contribution in [1.82, 2.24) is 10.3 Å². The minimum Gasteiger partial charge on any atom is -0.363 e. The van der Waals surface area contributed by atoms with Crippen LogP contribution in [0.5, 0.6) is 0 Å². The highest BCUT2D eigenvalue weighted by Gasteiger charge is 2.23. The lowest BCUT2D eigenvalue weighted by Crippen LogP contribution is -2.27. The lowest BCUT2D eigenvalue weighted by atomic mass is 9.78. The van der Waals surface area contributed by atoms with E-state index < -0.39 is 5.92 Å². The summed E-state index contributed by atoms with van der Waals surface area (Å²) in [5.74, 6) is -1.22. The van der Waals surface area contributed by atoms with Crippen LogP contribution >= 0.6 is 0 Å². The molecule has 1 aromatic heterocycles. The number of fused-ring (bicyclic) bond motifs is 1. The van der Waals surface area contributed by atoms with E-state index in [4.69, 9.17) is 0 Å². The standard InChI is InChI=1S/C24H27N3O.C9H10F2/c1-16(22-11-6-12-23(26-22)27(2)3)25-24(28)19-13-14-21-18(15-19)9-5-10-20(21)17-7-4-8-17;1-7-3-5-8(6-4-7)9(2,10)11/h5-6,9-17H,4,7-8H2,1-3H3,(H,25,28);3-6H,1-2H3/t16-;/m1./s1. The number of alkyl halides is 2. The smallest absolute Gasteiger partial charge is 0.270 e. The number of hydrogen-bond acceptors (Lipinski definition) is 3. The van der Waals surface area contributed by atoms with Crippen molar-refractivity contribution in [1.29, 1.82) is 0 Å². The van der Waals surface area contributed by atoms with Crippen molar-refractivity contribution in [2.75, 3.05) is 19.0 Å². The van der Waals surface area contributed by atoms with Gasteiger partial charge >= 0.3 is 0 Å². The molecule has 1 atom stereocenters. The Morgan fingerprint density at radius 1 is 1.00 bits per heavy atom. The Balaban J connectivity index is 0.000000270. The van der Waals surface area contributed by atoms with Gasteiger partial charge in [0.25, 0.3) is 11.8 Å². The van der Waals surface area contributed by atoms with E-state index in [0.717, 1.165) is 29.4 Å². The Morgan fingerprint density at radius 3 is 2.31 bits per heavy atom. The molecule has 4 aromatic rings. The minimum atomic E-state index is -2.71. The molecule has 1 N–H and O–H groups in total. The molecule has 1 saturated carbocycles. The molecule has 204 valence electrons. The minimum absolute atomic E-state index is 0.0690. The second-order valence-electron chi connectivity index (χ2n) is 10.7. The fourth-order valence-corrected chi connectivity index (χ4v) is 4.66. The summed E-state index contributed by atoms with van der Waals surface area (Å²) in [6, 6.07) is 24.5. The van der Waals surface area contributed by atoms with Gasteiger partial charge in [0.1, 0.15) is 5.82 Å². The molecular weight excluding hydrogens is 492 g/mol. The number of aryl methyl sites for hydroxylation is 1. The summed E-state index contributed by atoms with van der Waals surface area (Å²) in [6.07, 6.45) is 3.87. The van der Waals surface area contributed by atoms with E-state index >= 15 is 0 Å². The van der Waals surface area contributed by atoms with Crippen LogP contribution in [0, 0.1) is 6.92 Å². The number of amides is 1. The first-order chi connectivity index (χ1) is 18.5. The third-order valence-electron chi connectivity index (χ3n) is 7.29. The third kappa shape index (κ3) is 6.99. The Bertz CT molecular complexity index is 1420. The van der Waals surface area contributed by atoms with Crippen molar-refractivity contribution in [2.45, 2.75) is 57.9 Å². The average molecular weight is 530 g/mol. The molecule has 0 saturated heterocycles. The van der Waals surface area contributed by atoms with Gasteiger partial charge in [0.2, 0.25) is 0 Å². The molecule has 6 heteroatoms. The van der Waals surface area contributed by atoms with Crippen molar-refractivity contribution < 1.29 is 13.6 Å². The van der Waals surface area contributed by atoms with Gasteiger partial charge in [-0.25, -0.2) is 13.8 Å². The van der Waals surface area contributed by atoms with Crippen LogP contribution in [-0.4, -0.2) is 25.0 Å². The van der Waals surface area contributed by atoms with E-state index in [1.165, 1.54) is 42.3 Å². The number of carbonyl (C=O) groups excluding carboxylic acids is 1. The van der Waals surface area contributed by atoms with E-state index in [1.54, 1.807) is 12.1 Å². The molecule has 0 aliphatic heterocycles. The normalized spacial score (nSPS) is 14.1. The number of nitrogens with zero attached hydrogens (tertiary/aromatic N) is 2. The van der Waals surface area contributed by atoms with E-state index in [-0.39, 0.29) is 17.5 Å². The first-order valence-electron chi connectivity index (χ1n) is 13.5. The molecule has 3 aromatic carbocycles. The second kappa shape index (κ2) is 11.9. The molecule has 1 amide bonds. The summed E-state index contributed by atoms with van der Waals surface area (Å²) in [6.45, 7) is 4.74. The summed E-state index contributed by atoms with van der Waals surface area (Å²) in [7, 11) is 3.92. The number of carbonyl (C=O) groups is 1. The Kier molecular flexibility index (Phi) is 8.63. The SMILES string of the molecule is C[C@@H](NC(=O)c1ccc2c(C3CCC3)cccc2c1)c1cccc(N(C)C)n1.Cc1ccc(C(C)(F)F)cc1. The topological polar surface area (TPSA) is 45.2 Å². The maximum Gasteiger partial charge on any atom is 0.270 e. The molecule has 1 heterocycles. The molecular formula is C33H37F2N3O. The van der Waals surface area contributed by atoms with Gasteiger partial charge in [-0.05, 0) is 73.2 Å². The number of hydrogen-bond donors (Lipinski definition) is 1. The van der Waals surface area contributed by atoms with Gasteiger partial charge in [-0.2, -0.15) is 0 Å². The molecule has 1 aliphatic rings. The lowest BCUT2D eigenvalue weighted by Gasteiger charge is -2.27. The van der Waals surface area contributed by atoms with E-state index in [1.807, 2.05) is 63.2 Å². The summed E-state index contributed by atoms with van der Waals surface area (Å²) < 4.78 is 25.2. The zero-order valence-corrected chi connectivity index (χ0v) is 23.3. The quantitative estimate of drug-likeness (QED) is 0.274. The first-order valence-corrected chi connectivity index (χ1v) is 13.5. The fourth-order valence-electron chi connectivity index (χ4n) is 4.66. The number of nitrogens with one attached hydrogen (secondary N) is 1. The Hall–Kier alpha value is -3.80. The average Bonchev–Trinajstić information content (AvgIpc) is 2.87. The zero-order valence-electron chi connectivity index (χ0n) is 23.3. The zero-order chi connectivity index (χ0) is 28.2. The van der Waals surface area contributed by atoms with Crippen LogP contribution in [0.15, 0.2) is 78.9 Å². The van der Waals surface area contributed by atoms with Crippen molar-refractivity contribution >= 4 is 22.5 Å². The van der Waals surface area contributed by atoms with Crippen molar-refractivity contribution in [3.05, 3.63) is 107 Å². The van der Waals surface area contributed by atoms with Gasteiger partial charge in [-0.15, -0.1) is 0 Å². The van der Waals surface area contributed by atoms with Crippen LogP contribution in [0.1, 0.15) is 77.8 Å². The monoisotopic (exact) mass is 529 g/mol. The number of halogens is 2. The molecule has 0 bridgehead atoms. The molecule has 1 fully saturated rings. The van der Waals surface area contributed by atoms with Crippen molar-refractivity contribution in [2.24, 2.45) is 0 Å². The predicted octanol–water partition coefficient (Wildman–Crippen LogP) is 8.17. The summed E-state index contributed by atoms with van der Waals surface area (Å²) in [4.78, 5) is 19.4. The molecule has 0 unspecified atom stereocenters. The molecule has 4 nitrogen and oxygen atoms in total. The fraction of sp³-hybridized carbons (Fsp3) is 0.333. The van der Waals surface area contributed by atoms with Gasteiger partial charge in [0, 0.05) is 32.1 Å². The van der Waals surface area contributed by atoms with Crippen LogP contribution < -0.4 is 10.2 Å². The lowest BCUT2D eigenvalue weighted by molar-refractivity contribution is 0.0174. The molecule has 5 rings (SSSR count). The van der Waals surface area contributed by atoms with Crippen molar-refractivity contribution in [3.8, 4) is 0 Å². The highest BCUT2D eigenvalue weighted by molar-refractivity contribution is 5.99. The van der Waals surface area contributed by atoms with Crippen LogP contribution in [0.4, 0.5) is 14.6 Å². The van der Waals surface area contributed by atoms with Crippen LogP contribution in [0.3, 0.4) is 0 Å². The van der Waals surface area contributed by atoms with Crippen LogP contribution in [-0.2, 0) is 5.92 Å². The Morgan fingerprint density at radius 2 is 1.69 bits per heavy atom. The number of rotatable bonds is 6. The largest absolute Gasteiger partial charge is 0.363 e. The third-order valence-corrected chi connectivity index (χ3v) is 7.29. The molecule has 39 heavy (non-hydrogen) atoms. The number of pyridine rings is 1. The maximum atomic E-state index is 12.8. The molecule has 0 radical (unpaired) electrons. The molecule has 0 spiro atoms. The number of aromatic nitrogens is 1. The van der Waals surface area contributed by atoms with Crippen LogP contribution in [0.25, 0.3) is 10.8 Å². The first kappa shape index (κ1) is 28.2. The van der Waals surface area contributed by atoms with Gasteiger partial charge in [0.05, 0.1) is 11.7 Å². The van der Waals surface area contributed by atoms with E-state index in [0.29, 0.717) is 11.5 Å².